The zero-order chi connectivity index (χ0) is 22.1. The third-order valence-corrected chi connectivity index (χ3v) is 4.32. The summed E-state index contributed by atoms with van der Waals surface area (Å²) >= 11 is 0. The highest BCUT2D eigenvalue weighted by Crippen LogP contribution is 2.25. The molecule has 0 spiro atoms. The quantitative estimate of drug-likeness (QED) is 0.340. The van der Waals surface area contributed by atoms with Gasteiger partial charge in [0.2, 0.25) is 5.95 Å². The number of phenolic OH excluding ortho intramolecular Hbond substituents is 1. The van der Waals surface area contributed by atoms with E-state index in [9.17, 15) is 14.7 Å². The number of hydrogen-bond acceptors (Lipinski definition) is 7. The Labute approximate surface area is 190 Å². The van der Waals surface area contributed by atoms with Crippen molar-refractivity contribution in [3.8, 4) is 11.5 Å². The summed E-state index contributed by atoms with van der Waals surface area (Å²) in [5.74, 6) is -1.03. The van der Waals surface area contributed by atoms with Crippen molar-refractivity contribution in [3.63, 3.8) is 0 Å². The molecule has 1 atom stereocenters. The molecule has 4 N–H and O–H groups in total. The smallest absolute Gasteiger partial charge is 0.305 e. The molecule has 1 aromatic heterocycles. The second-order valence-corrected chi connectivity index (χ2v) is 6.56. The predicted octanol–water partition coefficient (Wildman–Crippen LogP) is 3.04. The van der Waals surface area contributed by atoms with Crippen LogP contribution in [0.3, 0.4) is 0 Å². The van der Waals surface area contributed by atoms with Gasteiger partial charge in [-0.05, 0) is 23.8 Å². The number of rotatable bonds is 10. The van der Waals surface area contributed by atoms with Gasteiger partial charge >= 0.3 is 5.97 Å². The van der Waals surface area contributed by atoms with Crippen molar-refractivity contribution < 1.29 is 24.5 Å². The number of ether oxygens (including phenoxy) is 1. The average Bonchev–Trinajstić information content (AvgIpc) is 2.77. The van der Waals surface area contributed by atoms with Crippen molar-refractivity contribution in [2.75, 3.05) is 18.5 Å². The molecule has 10 heteroatoms. The lowest BCUT2D eigenvalue weighted by Crippen LogP contribution is -2.30. The van der Waals surface area contributed by atoms with Crippen LogP contribution in [0.1, 0.15) is 28.4 Å². The number of halogens is 1. The largest absolute Gasteiger partial charge is 0.507 e. The molecule has 3 rings (SSSR count). The number of benzene rings is 2. The van der Waals surface area contributed by atoms with Gasteiger partial charge in [-0.2, -0.15) is 0 Å². The molecule has 3 aromatic rings. The maximum absolute atomic E-state index is 12.6. The number of phenols is 1. The van der Waals surface area contributed by atoms with Crippen LogP contribution >= 0.6 is 12.4 Å². The summed E-state index contributed by atoms with van der Waals surface area (Å²) in [5.41, 5.74) is 0.682. The summed E-state index contributed by atoms with van der Waals surface area (Å²) in [5, 5.41) is 25.1. The van der Waals surface area contributed by atoms with Crippen molar-refractivity contribution in [2.45, 2.75) is 12.5 Å². The van der Waals surface area contributed by atoms with Gasteiger partial charge in [-0.3, -0.25) is 9.59 Å². The van der Waals surface area contributed by atoms with E-state index in [-0.39, 0.29) is 36.7 Å². The Morgan fingerprint density at radius 3 is 2.41 bits per heavy atom. The Balaban J connectivity index is 0.00000363. The van der Waals surface area contributed by atoms with E-state index >= 15 is 0 Å². The van der Waals surface area contributed by atoms with E-state index in [1.807, 2.05) is 0 Å². The van der Waals surface area contributed by atoms with E-state index in [0.717, 1.165) is 0 Å². The highest BCUT2D eigenvalue weighted by atomic mass is 35.5. The fraction of sp³-hybridized carbons (Fsp3) is 0.182. The molecule has 0 aliphatic heterocycles. The van der Waals surface area contributed by atoms with Crippen LogP contribution in [0.25, 0.3) is 0 Å². The van der Waals surface area contributed by atoms with Gasteiger partial charge in [0.15, 0.2) is 0 Å². The fourth-order valence-electron chi connectivity index (χ4n) is 2.86. The van der Waals surface area contributed by atoms with Crippen molar-refractivity contribution in [1.29, 1.82) is 0 Å². The lowest BCUT2D eigenvalue weighted by atomic mass is 10.0. The monoisotopic (exact) mass is 458 g/mol. The number of hydrogen-bond donors (Lipinski definition) is 4. The number of nitrogens with zero attached hydrogens (tertiary/aromatic N) is 2. The number of carbonyl (C=O) groups is 2. The summed E-state index contributed by atoms with van der Waals surface area (Å²) in [7, 11) is 0. The predicted molar refractivity (Wildman–Crippen MR) is 120 cm³/mol. The molecule has 0 radical (unpaired) electrons. The van der Waals surface area contributed by atoms with Gasteiger partial charge in [-0.25, -0.2) is 9.97 Å². The topological polar surface area (TPSA) is 134 Å². The minimum absolute atomic E-state index is 0. The highest BCUT2D eigenvalue weighted by Gasteiger charge is 2.20. The Hall–Kier alpha value is -3.85. The standard InChI is InChI=1S/C22H22N4O5.ClH/c27-19-13-16(31-12-11-25-22-23-9-4-10-24-22)7-8-17(19)21(30)26-18(14-20(28)29)15-5-2-1-3-6-15;/h1-10,13,18,27H,11-12,14H2,(H,26,30)(H,28,29)(H,23,24,25);1H. The summed E-state index contributed by atoms with van der Waals surface area (Å²) < 4.78 is 5.56. The summed E-state index contributed by atoms with van der Waals surface area (Å²) in [6.07, 6.45) is 2.96. The molecule has 0 aliphatic rings. The van der Waals surface area contributed by atoms with Gasteiger partial charge in [0.25, 0.3) is 5.91 Å². The minimum atomic E-state index is -1.04. The lowest BCUT2D eigenvalue weighted by Gasteiger charge is -2.18. The number of aliphatic carboxylic acids is 1. The number of anilines is 1. The minimum Gasteiger partial charge on any atom is -0.507 e. The molecule has 0 fully saturated rings. The number of carboxylic acids is 1. The number of carboxylic acid groups (broad SMARTS) is 1. The maximum atomic E-state index is 12.6. The zero-order valence-corrected chi connectivity index (χ0v) is 17.8. The molecule has 1 unspecified atom stereocenters. The van der Waals surface area contributed by atoms with Crippen molar-refractivity contribution in [2.24, 2.45) is 0 Å². The van der Waals surface area contributed by atoms with Crippen molar-refractivity contribution in [3.05, 3.63) is 78.1 Å². The second kappa shape index (κ2) is 12.1. The third-order valence-electron chi connectivity index (χ3n) is 4.32. The molecule has 1 heterocycles. The first-order chi connectivity index (χ1) is 15.0. The van der Waals surface area contributed by atoms with Crippen LogP contribution in [-0.4, -0.2) is 45.2 Å². The number of aromatic hydroxyl groups is 1. The molecule has 2 aromatic carbocycles. The Bertz CT molecular complexity index is 1020. The molecular weight excluding hydrogens is 436 g/mol. The molecule has 0 saturated carbocycles. The van der Waals surface area contributed by atoms with E-state index in [1.54, 1.807) is 54.9 Å². The van der Waals surface area contributed by atoms with Gasteiger partial charge < -0.3 is 25.6 Å². The molecule has 0 bridgehead atoms. The summed E-state index contributed by atoms with van der Waals surface area (Å²) in [4.78, 5) is 31.9. The summed E-state index contributed by atoms with van der Waals surface area (Å²) in [6.45, 7) is 0.735. The van der Waals surface area contributed by atoms with Crippen LogP contribution in [0.2, 0.25) is 0 Å². The Morgan fingerprint density at radius 2 is 1.75 bits per heavy atom. The maximum Gasteiger partial charge on any atom is 0.305 e. The second-order valence-electron chi connectivity index (χ2n) is 6.56. The molecular formula is C22H23ClN4O5. The Kier molecular flexibility index (Phi) is 9.24. The van der Waals surface area contributed by atoms with E-state index < -0.39 is 17.9 Å². The third kappa shape index (κ3) is 7.13. The van der Waals surface area contributed by atoms with Gasteiger partial charge in [-0.1, -0.05) is 30.3 Å². The van der Waals surface area contributed by atoms with E-state index in [2.05, 4.69) is 20.6 Å². The average molecular weight is 459 g/mol. The molecule has 168 valence electrons. The van der Waals surface area contributed by atoms with Gasteiger partial charge in [0, 0.05) is 18.5 Å². The van der Waals surface area contributed by atoms with Crippen LogP contribution in [0, 0.1) is 0 Å². The van der Waals surface area contributed by atoms with E-state index in [4.69, 9.17) is 9.84 Å². The van der Waals surface area contributed by atoms with Gasteiger partial charge in [0.05, 0.1) is 24.6 Å². The number of nitrogens with one attached hydrogen (secondary N) is 2. The van der Waals surface area contributed by atoms with E-state index in [1.165, 1.54) is 12.1 Å². The first-order valence-electron chi connectivity index (χ1n) is 9.57. The SMILES string of the molecule is Cl.O=C(O)CC(NC(=O)c1ccc(OCCNc2ncccn2)cc1O)c1ccccc1. The highest BCUT2D eigenvalue weighted by molar-refractivity contribution is 5.97. The molecule has 9 nitrogen and oxygen atoms in total. The van der Waals surface area contributed by atoms with Crippen LogP contribution in [0.15, 0.2) is 67.0 Å². The van der Waals surface area contributed by atoms with Gasteiger partial charge in [0.1, 0.15) is 18.1 Å². The molecule has 0 saturated heterocycles. The molecule has 0 aliphatic carbocycles. The number of aromatic nitrogens is 2. The molecule has 32 heavy (non-hydrogen) atoms. The fourth-order valence-corrected chi connectivity index (χ4v) is 2.86. The van der Waals surface area contributed by atoms with Crippen LogP contribution in [0.5, 0.6) is 11.5 Å². The van der Waals surface area contributed by atoms with Gasteiger partial charge in [-0.15, -0.1) is 12.4 Å². The normalized spacial score (nSPS) is 11.0. The van der Waals surface area contributed by atoms with E-state index in [0.29, 0.717) is 23.8 Å². The lowest BCUT2D eigenvalue weighted by molar-refractivity contribution is -0.137. The van der Waals surface area contributed by atoms with Crippen LogP contribution in [-0.2, 0) is 4.79 Å². The first kappa shape index (κ1) is 24.4. The number of carbonyl (C=O) groups excluding carboxylic acids is 1. The first-order valence-corrected chi connectivity index (χ1v) is 9.57. The zero-order valence-electron chi connectivity index (χ0n) is 17.0. The van der Waals surface area contributed by atoms with Crippen molar-refractivity contribution in [1.82, 2.24) is 15.3 Å². The Morgan fingerprint density at radius 1 is 1.03 bits per heavy atom. The molecule has 1 amide bonds. The summed E-state index contributed by atoms with van der Waals surface area (Å²) in [6, 6.07) is 14.1. The van der Waals surface area contributed by atoms with Crippen LogP contribution in [0.4, 0.5) is 5.95 Å². The van der Waals surface area contributed by atoms with Crippen molar-refractivity contribution >= 4 is 30.2 Å². The van der Waals surface area contributed by atoms with Crippen LogP contribution < -0.4 is 15.4 Å². The number of amides is 1.